The maximum atomic E-state index is 2.54. The molecule has 3 aromatic rings. The van der Waals surface area contributed by atoms with E-state index in [1.807, 2.05) is 0 Å². The SMILES string of the molecule is C[Si](C)(C)P=CC(c1ccccc1)(c1ccccc1)c1ccccc1. The van der Waals surface area contributed by atoms with Gasteiger partial charge in [-0.25, -0.2) is 0 Å². The van der Waals surface area contributed by atoms with Gasteiger partial charge in [0.1, 0.15) is 7.74 Å². The lowest BCUT2D eigenvalue weighted by Gasteiger charge is -2.33. The van der Waals surface area contributed by atoms with Crippen molar-refractivity contribution in [1.82, 2.24) is 0 Å². The average molecular weight is 361 g/mol. The molecule has 3 rings (SSSR count). The van der Waals surface area contributed by atoms with E-state index in [0.717, 1.165) is 0 Å². The molecule has 0 unspecified atom stereocenters. The molecule has 0 fully saturated rings. The van der Waals surface area contributed by atoms with Crippen molar-refractivity contribution in [3.8, 4) is 0 Å². The minimum atomic E-state index is -1.25. The van der Waals surface area contributed by atoms with Crippen LogP contribution in [0.4, 0.5) is 0 Å². The fourth-order valence-electron chi connectivity index (χ4n) is 3.12. The summed E-state index contributed by atoms with van der Waals surface area (Å²) >= 11 is 0. The molecule has 0 spiro atoms. The van der Waals surface area contributed by atoms with Crippen LogP contribution in [-0.2, 0) is 5.41 Å². The quantitative estimate of drug-likeness (QED) is 0.273. The van der Waals surface area contributed by atoms with Crippen molar-refractivity contribution in [2.24, 2.45) is 0 Å². The van der Waals surface area contributed by atoms with Gasteiger partial charge in [0.15, 0.2) is 0 Å². The number of hydrogen-bond donors (Lipinski definition) is 0. The molecule has 2 heteroatoms. The molecule has 0 aliphatic heterocycles. The fraction of sp³-hybridized carbons (Fsp3) is 0.174. The van der Waals surface area contributed by atoms with Crippen molar-refractivity contribution < 1.29 is 0 Å². The highest BCUT2D eigenvalue weighted by Crippen LogP contribution is 2.39. The summed E-state index contributed by atoms with van der Waals surface area (Å²) in [5.41, 5.74) is 3.78. The van der Waals surface area contributed by atoms with Gasteiger partial charge in [0.25, 0.3) is 0 Å². The fourth-order valence-corrected chi connectivity index (χ4v) is 5.89. The zero-order valence-electron chi connectivity index (χ0n) is 15.2. The van der Waals surface area contributed by atoms with Gasteiger partial charge < -0.3 is 0 Å². The number of rotatable bonds is 5. The van der Waals surface area contributed by atoms with E-state index in [-0.39, 0.29) is 5.41 Å². The van der Waals surface area contributed by atoms with E-state index in [4.69, 9.17) is 0 Å². The molecule has 25 heavy (non-hydrogen) atoms. The van der Waals surface area contributed by atoms with E-state index < -0.39 is 7.74 Å². The second-order valence-corrected chi connectivity index (χ2v) is 17.0. The first-order chi connectivity index (χ1) is 12.0. The van der Waals surface area contributed by atoms with Gasteiger partial charge in [0.05, 0.1) is 5.41 Å². The summed E-state index contributed by atoms with van der Waals surface area (Å²) in [6.45, 7) is 7.28. The lowest BCUT2D eigenvalue weighted by Crippen LogP contribution is -2.31. The standard InChI is InChI=1S/C23H25PSi/c1-25(2,3)24-19-23(20-13-7-4-8-14-20,21-15-9-5-10-16-21)22-17-11-6-12-18-22/h4-19H,1-3H3. The van der Waals surface area contributed by atoms with Crippen LogP contribution in [0.5, 0.6) is 0 Å². The normalized spacial score (nSPS) is 12.4. The molecule has 0 amide bonds. The molecule has 0 aliphatic rings. The molecule has 0 saturated heterocycles. The molecule has 0 saturated carbocycles. The Morgan fingerprint density at radius 2 is 0.920 bits per heavy atom. The third-order valence-corrected chi connectivity index (χ3v) is 8.33. The van der Waals surface area contributed by atoms with Crippen molar-refractivity contribution in [3.05, 3.63) is 108 Å². The van der Waals surface area contributed by atoms with Crippen LogP contribution in [-0.4, -0.2) is 13.5 Å². The molecule has 0 heterocycles. The van der Waals surface area contributed by atoms with Crippen molar-refractivity contribution in [2.75, 3.05) is 0 Å². The Hall–Kier alpha value is -1.95. The molecule has 0 nitrogen and oxygen atoms in total. The zero-order valence-corrected chi connectivity index (χ0v) is 17.1. The summed E-state index contributed by atoms with van der Waals surface area (Å²) in [6.07, 6.45) is 0. The molecule has 0 radical (unpaired) electrons. The Labute approximate surface area is 154 Å². The Balaban J connectivity index is 2.34. The van der Waals surface area contributed by atoms with E-state index in [1.165, 1.54) is 24.4 Å². The van der Waals surface area contributed by atoms with Crippen LogP contribution in [0.15, 0.2) is 91.0 Å². The Kier molecular flexibility index (Phi) is 5.37. The average Bonchev–Trinajstić information content (AvgIpc) is 2.64. The van der Waals surface area contributed by atoms with Crippen molar-refractivity contribution >= 4 is 21.3 Å². The van der Waals surface area contributed by atoms with Crippen LogP contribution >= 0.6 is 7.75 Å². The zero-order chi connectivity index (χ0) is 17.8. The van der Waals surface area contributed by atoms with E-state index in [0.29, 0.717) is 0 Å². The topological polar surface area (TPSA) is 0 Å². The third-order valence-electron chi connectivity index (χ3n) is 4.33. The van der Waals surface area contributed by atoms with Gasteiger partial charge >= 0.3 is 0 Å². The van der Waals surface area contributed by atoms with Crippen LogP contribution in [0.3, 0.4) is 0 Å². The predicted molar refractivity (Wildman–Crippen MR) is 116 cm³/mol. The highest BCUT2D eigenvalue weighted by Gasteiger charge is 2.34. The smallest absolute Gasteiger partial charge is 0.102 e. The minimum Gasteiger partial charge on any atom is -0.130 e. The Bertz CT molecular complexity index is 722. The molecule has 126 valence electrons. The molecule has 0 N–H and O–H groups in total. The van der Waals surface area contributed by atoms with Crippen LogP contribution in [0, 0.1) is 0 Å². The molecule has 0 aromatic heterocycles. The maximum Gasteiger partial charge on any atom is 0.102 e. The summed E-state index contributed by atoms with van der Waals surface area (Å²) in [6, 6.07) is 32.7. The van der Waals surface area contributed by atoms with E-state index in [1.54, 1.807) is 0 Å². The van der Waals surface area contributed by atoms with E-state index in [9.17, 15) is 0 Å². The first-order valence-electron chi connectivity index (χ1n) is 8.75. The largest absolute Gasteiger partial charge is 0.130 e. The first kappa shape index (κ1) is 17.9. The minimum absolute atomic E-state index is 0.217. The highest BCUT2D eigenvalue weighted by atomic mass is 31.3. The Morgan fingerprint density at radius 1 is 0.600 bits per heavy atom. The molecule has 0 atom stereocenters. The highest BCUT2D eigenvalue weighted by molar-refractivity contribution is 7.80. The van der Waals surface area contributed by atoms with Gasteiger partial charge in [0.2, 0.25) is 0 Å². The van der Waals surface area contributed by atoms with Gasteiger partial charge in [-0.1, -0.05) is 111 Å². The van der Waals surface area contributed by atoms with Gasteiger partial charge in [-0.3, -0.25) is 0 Å². The first-order valence-corrected chi connectivity index (χ1v) is 14.1. The van der Waals surface area contributed by atoms with Crippen molar-refractivity contribution in [1.29, 1.82) is 0 Å². The summed E-state index contributed by atoms with van der Waals surface area (Å²) in [4.78, 5) is 0. The molecule has 0 bridgehead atoms. The van der Waals surface area contributed by atoms with Gasteiger partial charge in [0, 0.05) is 0 Å². The monoisotopic (exact) mass is 360 g/mol. The van der Waals surface area contributed by atoms with Gasteiger partial charge in [-0.15, -0.1) is 7.75 Å². The van der Waals surface area contributed by atoms with Crippen LogP contribution in [0.1, 0.15) is 16.7 Å². The predicted octanol–water partition coefficient (Wildman–Crippen LogP) is 6.60. The van der Waals surface area contributed by atoms with Crippen molar-refractivity contribution in [3.63, 3.8) is 0 Å². The van der Waals surface area contributed by atoms with Gasteiger partial charge in [-0.05, 0) is 22.5 Å². The van der Waals surface area contributed by atoms with E-state index in [2.05, 4.69) is 116 Å². The second kappa shape index (κ2) is 7.52. The summed E-state index contributed by atoms with van der Waals surface area (Å²) in [5.74, 6) is 2.54. The molecule has 0 aliphatic carbocycles. The van der Waals surface area contributed by atoms with Crippen molar-refractivity contribution in [2.45, 2.75) is 25.1 Å². The van der Waals surface area contributed by atoms with Crippen LogP contribution in [0.2, 0.25) is 19.6 Å². The summed E-state index contributed by atoms with van der Waals surface area (Å²) < 4.78 is 0. The summed E-state index contributed by atoms with van der Waals surface area (Å²) in [7, 11) is 0.212. The molecule has 3 aromatic carbocycles. The molecular weight excluding hydrogens is 335 g/mol. The van der Waals surface area contributed by atoms with Crippen LogP contribution in [0.25, 0.3) is 0 Å². The third kappa shape index (κ3) is 4.00. The molecular formula is C23H25PSi. The summed E-state index contributed by atoms with van der Waals surface area (Å²) in [5, 5.41) is 0. The lowest BCUT2D eigenvalue weighted by atomic mass is 9.71. The van der Waals surface area contributed by atoms with Gasteiger partial charge in [-0.2, -0.15) is 0 Å². The van der Waals surface area contributed by atoms with Crippen LogP contribution < -0.4 is 0 Å². The lowest BCUT2D eigenvalue weighted by molar-refractivity contribution is 0.857. The maximum absolute atomic E-state index is 2.54. The number of benzene rings is 3. The Morgan fingerprint density at radius 3 is 1.20 bits per heavy atom. The van der Waals surface area contributed by atoms with E-state index >= 15 is 0 Å². The second-order valence-electron chi connectivity index (χ2n) is 7.34. The number of hydrogen-bond acceptors (Lipinski definition) is 0.